The number of rotatable bonds is 3. The molecule has 0 radical (unpaired) electrons. The van der Waals surface area contributed by atoms with E-state index in [9.17, 15) is 4.39 Å². The smallest absolute Gasteiger partial charge is 0.128 e. The molecule has 0 fully saturated rings. The Morgan fingerprint density at radius 2 is 1.05 bits per heavy atom. The Bertz CT molecular complexity index is 683. The number of hydrogen-bond acceptors (Lipinski definition) is 1. The molecule has 0 aliphatic rings. The van der Waals surface area contributed by atoms with Gasteiger partial charge in [0, 0.05) is 5.56 Å². The molecular formula is C19H16FN. The fourth-order valence-corrected chi connectivity index (χ4v) is 2.66. The van der Waals surface area contributed by atoms with E-state index in [-0.39, 0.29) is 5.82 Å². The van der Waals surface area contributed by atoms with Gasteiger partial charge >= 0.3 is 0 Å². The van der Waals surface area contributed by atoms with Gasteiger partial charge in [-0.05, 0) is 17.2 Å². The van der Waals surface area contributed by atoms with E-state index in [1.165, 1.54) is 6.07 Å². The van der Waals surface area contributed by atoms with Crippen molar-refractivity contribution in [2.24, 2.45) is 5.73 Å². The van der Waals surface area contributed by atoms with Gasteiger partial charge in [0.2, 0.25) is 0 Å². The Hall–Kier alpha value is -2.45. The second-order valence-electron chi connectivity index (χ2n) is 5.02. The molecule has 2 N–H and O–H groups in total. The number of benzene rings is 3. The van der Waals surface area contributed by atoms with E-state index in [4.69, 9.17) is 5.73 Å². The van der Waals surface area contributed by atoms with Crippen LogP contribution in [0.25, 0.3) is 0 Å². The van der Waals surface area contributed by atoms with Gasteiger partial charge in [0.05, 0.1) is 5.54 Å². The van der Waals surface area contributed by atoms with Crippen LogP contribution in [-0.4, -0.2) is 0 Å². The number of hydrogen-bond donors (Lipinski definition) is 1. The fourth-order valence-electron chi connectivity index (χ4n) is 2.66. The van der Waals surface area contributed by atoms with Crippen molar-refractivity contribution in [1.82, 2.24) is 0 Å². The van der Waals surface area contributed by atoms with Gasteiger partial charge in [-0.1, -0.05) is 78.9 Å². The molecule has 0 saturated carbocycles. The van der Waals surface area contributed by atoms with Crippen molar-refractivity contribution in [1.29, 1.82) is 0 Å². The van der Waals surface area contributed by atoms with Crippen molar-refractivity contribution in [3.63, 3.8) is 0 Å². The quantitative estimate of drug-likeness (QED) is 0.717. The fraction of sp³-hybridized carbons (Fsp3) is 0.0526. The molecule has 3 aromatic carbocycles. The molecule has 0 aliphatic carbocycles. The molecule has 0 atom stereocenters. The van der Waals surface area contributed by atoms with E-state index in [2.05, 4.69) is 0 Å². The number of halogens is 1. The lowest BCUT2D eigenvalue weighted by molar-refractivity contribution is 0.554. The maximum absolute atomic E-state index is 14.4. The third-order valence-corrected chi connectivity index (χ3v) is 3.76. The zero-order valence-corrected chi connectivity index (χ0v) is 11.5. The molecule has 0 heterocycles. The lowest BCUT2D eigenvalue weighted by Gasteiger charge is -2.31. The molecule has 2 heteroatoms. The summed E-state index contributed by atoms with van der Waals surface area (Å²) in [6.45, 7) is 0. The van der Waals surface area contributed by atoms with Gasteiger partial charge in [-0.15, -0.1) is 0 Å². The van der Waals surface area contributed by atoms with E-state index in [0.29, 0.717) is 5.56 Å². The minimum Gasteiger partial charge on any atom is -0.314 e. The molecule has 0 unspecified atom stereocenters. The third-order valence-electron chi connectivity index (χ3n) is 3.76. The summed E-state index contributed by atoms with van der Waals surface area (Å²) in [5, 5.41) is 0. The monoisotopic (exact) mass is 277 g/mol. The van der Waals surface area contributed by atoms with E-state index in [0.717, 1.165) is 11.1 Å². The highest BCUT2D eigenvalue weighted by molar-refractivity contribution is 5.49. The van der Waals surface area contributed by atoms with Gasteiger partial charge in [0.1, 0.15) is 5.82 Å². The summed E-state index contributed by atoms with van der Waals surface area (Å²) >= 11 is 0. The largest absolute Gasteiger partial charge is 0.314 e. The summed E-state index contributed by atoms with van der Waals surface area (Å²) in [4.78, 5) is 0. The van der Waals surface area contributed by atoms with Crippen LogP contribution in [-0.2, 0) is 5.54 Å². The summed E-state index contributed by atoms with van der Waals surface area (Å²) in [6.07, 6.45) is 0. The Labute approximate surface area is 123 Å². The molecule has 0 spiro atoms. The first-order chi connectivity index (χ1) is 10.2. The molecule has 0 aromatic heterocycles. The zero-order valence-electron chi connectivity index (χ0n) is 11.5. The molecule has 21 heavy (non-hydrogen) atoms. The predicted octanol–water partition coefficient (Wildman–Crippen LogP) is 4.08. The topological polar surface area (TPSA) is 26.0 Å². The first kappa shape index (κ1) is 13.5. The SMILES string of the molecule is NC(c1ccccc1)(c1ccccc1)c1ccccc1F. The van der Waals surface area contributed by atoms with Gasteiger partial charge in [0.15, 0.2) is 0 Å². The minimum atomic E-state index is -1.01. The Balaban J connectivity index is 2.29. The highest BCUT2D eigenvalue weighted by Gasteiger charge is 2.33. The average Bonchev–Trinajstić information content (AvgIpc) is 2.56. The Morgan fingerprint density at radius 3 is 1.52 bits per heavy atom. The van der Waals surface area contributed by atoms with Crippen LogP contribution in [0.15, 0.2) is 84.9 Å². The Kier molecular flexibility index (Phi) is 3.55. The molecule has 0 aliphatic heterocycles. The summed E-state index contributed by atoms with van der Waals surface area (Å²) in [5.41, 5.74) is 7.92. The van der Waals surface area contributed by atoms with Gasteiger partial charge in [-0.3, -0.25) is 0 Å². The van der Waals surface area contributed by atoms with E-state index < -0.39 is 5.54 Å². The van der Waals surface area contributed by atoms with Crippen LogP contribution >= 0.6 is 0 Å². The van der Waals surface area contributed by atoms with Crippen molar-refractivity contribution in [2.45, 2.75) is 5.54 Å². The van der Waals surface area contributed by atoms with Gasteiger partial charge in [0.25, 0.3) is 0 Å². The van der Waals surface area contributed by atoms with Crippen LogP contribution in [0.3, 0.4) is 0 Å². The maximum Gasteiger partial charge on any atom is 0.128 e. The third kappa shape index (κ3) is 2.34. The van der Waals surface area contributed by atoms with Crippen LogP contribution < -0.4 is 5.73 Å². The second kappa shape index (κ2) is 5.51. The lowest BCUT2D eigenvalue weighted by atomic mass is 9.78. The molecule has 3 aromatic rings. The van der Waals surface area contributed by atoms with Crippen LogP contribution in [0.1, 0.15) is 16.7 Å². The highest BCUT2D eigenvalue weighted by atomic mass is 19.1. The van der Waals surface area contributed by atoms with Gasteiger partial charge in [-0.25, -0.2) is 4.39 Å². The first-order valence-electron chi connectivity index (χ1n) is 6.88. The molecule has 0 amide bonds. The number of nitrogens with two attached hydrogens (primary N) is 1. The van der Waals surface area contributed by atoms with Crippen molar-refractivity contribution in [3.8, 4) is 0 Å². The normalized spacial score (nSPS) is 11.3. The van der Waals surface area contributed by atoms with Crippen LogP contribution in [0, 0.1) is 5.82 Å². The van der Waals surface area contributed by atoms with Crippen molar-refractivity contribution < 1.29 is 4.39 Å². The maximum atomic E-state index is 14.4. The van der Waals surface area contributed by atoms with Crippen LogP contribution in [0.5, 0.6) is 0 Å². The summed E-state index contributed by atoms with van der Waals surface area (Å²) in [5.74, 6) is -0.298. The summed E-state index contributed by atoms with van der Waals surface area (Å²) in [6, 6.07) is 25.9. The summed E-state index contributed by atoms with van der Waals surface area (Å²) < 4.78 is 14.4. The Morgan fingerprint density at radius 1 is 0.619 bits per heavy atom. The zero-order chi connectivity index (χ0) is 14.7. The minimum absolute atomic E-state index is 0.298. The molecule has 0 bridgehead atoms. The molecule has 0 saturated heterocycles. The van der Waals surface area contributed by atoms with E-state index in [1.54, 1.807) is 12.1 Å². The van der Waals surface area contributed by atoms with E-state index in [1.807, 2.05) is 66.7 Å². The molecular weight excluding hydrogens is 261 g/mol. The highest BCUT2D eigenvalue weighted by Crippen LogP contribution is 2.35. The van der Waals surface area contributed by atoms with Crippen LogP contribution in [0.4, 0.5) is 4.39 Å². The van der Waals surface area contributed by atoms with Crippen LogP contribution in [0.2, 0.25) is 0 Å². The average molecular weight is 277 g/mol. The standard InChI is InChI=1S/C19H16FN/c20-18-14-8-7-13-17(18)19(21,15-9-3-1-4-10-15)16-11-5-2-6-12-16/h1-14H,21H2. The van der Waals surface area contributed by atoms with Crippen molar-refractivity contribution >= 4 is 0 Å². The van der Waals surface area contributed by atoms with Crippen molar-refractivity contribution in [2.75, 3.05) is 0 Å². The van der Waals surface area contributed by atoms with Gasteiger partial charge < -0.3 is 5.73 Å². The van der Waals surface area contributed by atoms with Gasteiger partial charge in [-0.2, -0.15) is 0 Å². The lowest BCUT2D eigenvalue weighted by Crippen LogP contribution is -2.40. The molecule has 3 rings (SSSR count). The summed E-state index contributed by atoms with van der Waals surface area (Å²) in [7, 11) is 0. The van der Waals surface area contributed by atoms with Crippen molar-refractivity contribution in [3.05, 3.63) is 107 Å². The predicted molar refractivity (Wildman–Crippen MR) is 83.4 cm³/mol. The molecule has 104 valence electrons. The van der Waals surface area contributed by atoms with E-state index >= 15 is 0 Å². The first-order valence-corrected chi connectivity index (χ1v) is 6.88. The molecule has 1 nitrogen and oxygen atoms in total. The second-order valence-corrected chi connectivity index (χ2v) is 5.02.